The Kier molecular flexibility index (Phi) is 8.47. The minimum atomic E-state index is -0.477. The fourth-order valence-electron chi connectivity index (χ4n) is 4.72. The Morgan fingerprint density at radius 1 is 1.03 bits per heavy atom. The number of carbonyl (C=O) groups is 1. The van der Waals surface area contributed by atoms with Gasteiger partial charge in [-0.1, -0.05) is 73.5 Å². The molecule has 1 aromatic heterocycles. The topological polar surface area (TPSA) is 76.5 Å². The number of hydrogen-bond acceptors (Lipinski definition) is 4. The Labute approximate surface area is 222 Å². The molecule has 6 heteroatoms. The molecular formula is C31H33ClN2O3. The molecule has 0 bridgehead atoms. The Hall–Kier alpha value is -3.41. The molecule has 0 aliphatic heterocycles. The number of rotatable bonds is 9. The Morgan fingerprint density at radius 2 is 1.73 bits per heavy atom. The Morgan fingerprint density at radius 3 is 2.38 bits per heavy atom. The van der Waals surface area contributed by atoms with Crippen molar-refractivity contribution in [1.82, 2.24) is 4.90 Å². The summed E-state index contributed by atoms with van der Waals surface area (Å²) in [6.07, 6.45) is 1.02. The van der Waals surface area contributed by atoms with Gasteiger partial charge in [-0.05, 0) is 55.6 Å². The number of benzene rings is 3. The van der Waals surface area contributed by atoms with Crippen LogP contribution < -0.4 is 11.2 Å². The van der Waals surface area contributed by atoms with Crippen LogP contribution >= 0.6 is 11.6 Å². The van der Waals surface area contributed by atoms with Crippen LogP contribution in [-0.4, -0.2) is 23.9 Å². The Balaban J connectivity index is 1.93. The van der Waals surface area contributed by atoms with Crippen molar-refractivity contribution in [2.45, 2.75) is 39.7 Å². The molecule has 4 aromatic rings. The van der Waals surface area contributed by atoms with E-state index in [0.29, 0.717) is 58.8 Å². The molecule has 0 saturated carbocycles. The van der Waals surface area contributed by atoms with Crippen LogP contribution in [0.15, 0.2) is 82.0 Å². The first kappa shape index (κ1) is 26.6. The van der Waals surface area contributed by atoms with Crippen molar-refractivity contribution in [2.75, 3.05) is 13.1 Å². The highest BCUT2D eigenvalue weighted by atomic mass is 35.5. The van der Waals surface area contributed by atoms with Crippen molar-refractivity contribution in [1.29, 1.82) is 0 Å². The SMILES string of the molecule is Cc1ccc(C(=O)N(CCCN)[C@@H](c2oc3cc(Cl)ccc3c(=O)c2Cc2ccccc2)C(C)C)cc1. The predicted octanol–water partition coefficient (Wildman–Crippen LogP) is 6.53. The second-order valence-electron chi connectivity index (χ2n) is 9.77. The van der Waals surface area contributed by atoms with Crippen LogP contribution in [-0.2, 0) is 6.42 Å². The number of nitrogens with zero attached hydrogens (tertiary/aromatic N) is 1. The van der Waals surface area contributed by atoms with Crippen LogP contribution in [0, 0.1) is 12.8 Å². The number of halogens is 1. The van der Waals surface area contributed by atoms with Gasteiger partial charge in [-0.25, -0.2) is 0 Å². The fraction of sp³-hybridized carbons (Fsp3) is 0.290. The lowest BCUT2D eigenvalue weighted by atomic mass is 9.91. The van der Waals surface area contributed by atoms with Gasteiger partial charge in [-0.15, -0.1) is 0 Å². The second-order valence-corrected chi connectivity index (χ2v) is 10.2. The summed E-state index contributed by atoms with van der Waals surface area (Å²) in [5.74, 6) is 0.337. The molecule has 1 atom stereocenters. The van der Waals surface area contributed by atoms with Gasteiger partial charge in [0.15, 0.2) is 5.43 Å². The Bertz CT molecular complexity index is 1430. The zero-order valence-corrected chi connectivity index (χ0v) is 22.3. The molecule has 1 heterocycles. The zero-order valence-electron chi connectivity index (χ0n) is 21.5. The number of fused-ring (bicyclic) bond motifs is 1. The maximum absolute atomic E-state index is 13.9. The molecule has 0 aliphatic carbocycles. The van der Waals surface area contributed by atoms with Gasteiger partial charge >= 0.3 is 0 Å². The van der Waals surface area contributed by atoms with Gasteiger partial charge in [0.05, 0.1) is 11.4 Å². The number of carbonyl (C=O) groups excluding carboxylic acids is 1. The van der Waals surface area contributed by atoms with Crippen molar-refractivity contribution in [3.8, 4) is 0 Å². The van der Waals surface area contributed by atoms with E-state index in [-0.39, 0.29) is 17.3 Å². The quantitative estimate of drug-likeness (QED) is 0.274. The highest BCUT2D eigenvalue weighted by molar-refractivity contribution is 6.31. The van der Waals surface area contributed by atoms with Gasteiger partial charge in [-0.3, -0.25) is 9.59 Å². The average Bonchev–Trinajstić information content (AvgIpc) is 2.88. The van der Waals surface area contributed by atoms with Crippen LogP contribution in [0.2, 0.25) is 5.02 Å². The van der Waals surface area contributed by atoms with E-state index in [4.69, 9.17) is 21.8 Å². The van der Waals surface area contributed by atoms with Gasteiger partial charge in [-0.2, -0.15) is 0 Å². The molecule has 37 heavy (non-hydrogen) atoms. The lowest BCUT2D eigenvalue weighted by Crippen LogP contribution is -2.40. The molecule has 5 nitrogen and oxygen atoms in total. The summed E-state index contributed by atoms with van der Waals surface area (Å²) in [6.45, 7) is 6.95. The fourth-order valence-corrected chi connectivity index (χ4v) is 4.89. The third-order valence-electron chi connectivity index (χ3n) is 6.60. The highest BCUT2D eigenvalue weighted by Crippen LogP contribution is 2.35. The largest absolute Gasteiger partial charge is 0.458 e. The van der Waals surface area contributed by atoms with Gasteiger partial charge in [0.2, 0.25) is 0 Å². The number of aryl methyl sites for hydroxylation is 1. The molecule has 0 fully saturated rings. The summed E-state index contributed by atoms with van der Waals surface area (Å²) in [6, 6.07) is 21.9. The van der Waals surface area contributed by atoms with E-state index in [0.717, 1.165) is 11.1 Å². The maximum Gasteiger partial charge on any atom is 0.254 e. The van der Waals surface area contributed by atoms with E-state index in [9.17, 15) is 9.59 Å². The molecule has 1 amide bonds. The van der Waals surface area contributed by atoms with Crippen LogP contribution in [0.5, 0.6) is 0 Å². The first-order valence-corrected chi connectivity index (χ1v) is 13.0. The van der Waals surface area contributed by atoms with Crippen molar-refractivity contribution in [3.05, 3.63) is 116 Å². The summed E-state index contributed by atoms with van der Waals surface area (Å²) in [5, 5.41) is 0.953. The van der Waals surface area contributed by atoms with E-state index in [1.165, 1.54) is 0 Å². The molecule has 3 aromatic carbocycles. The van der Waals surface area contributed by atoms with E-state index >= 15 is 0 Å². The van der Waals surface area contributed by atoms with Crippen molar-refractivity contribution >= 4 is 28.5 Å². The molecule has 0 radical (unpaired) electrons. The third kappa shape index (κ3) is 5.95. The standard InChI is InChI=1S/C31H33ClN2O3/c1-20(2)28(34(17-7-16-33)31(36)23-12-10-21(3)11-13-23)30-26(18-22-8-5-4-6-9-22)29(35)25-15-14-24(32)19-27(25)37-30/h4-6,8-15,19-20,28H,7,16-18,33H2,1-3H3/t28-/m1/s1. The number of amides is 1. The molecule has 0 aliphatic rings. The number of nitrogens with two attached hydrogens (primary N) is 1. The lowest BCUT2D eigenvalue weighted by Gasteiger charge is -2.35. The van der Waals surface area contributed by atoms with Crippen LogP contribution in [0.4, 0.5) is 0 Å². The molecule has 192 valence electrons. The average molecular weight is 517 g/mol. The van der Waals surface area contributed by atoms with Gasteiger partial charge in [0.25, 0.3) is 5.91 Å². The molecule has 0 saturated heterocycles. The van der Waals surface area contributed by atoms with E-state index in [1.807, 2.05) is 80.3 Å². The van der Waals surface area contributed by atoms with Crippen molar-refractivity contribution < 1.29 is 9.21 Å². The summed E-state index contributed by atoms with van der Waals surface area (Å²) in [4.78, 5) is 29.6. The summed E-state index contributed by atoms with van der Waals surface area (Å²) < 4.78 is 6.51. The molecule has 0 unspecified atom stereocenters. The third-order valence-corrected chi connectivity index (χ3v) is 6.84. The van der Waals surface area contributed by atoms with E-state index in [2.05, 4.69) is 0 Å². The highest BCUT2D eigenvalue weighted by Gasteiger charge is 2.33. The lowest BCUT2D eigenvalue weighted by molar-refractivity contribution is 0.0587. The zero-order chi connectivity index (χ0) is 26.5. The summed E-state index contributed by atoms with van der Waals surface area (Å²) >= 11 is 6.27. The minimum Gasteiger partial charge on any atom is -0.458 e. The van der Waals surface area contributed by atoms with E-state index < -0.39 is 6.04 Å². The van der Waals surface area contributed by atoms with Crippen LogP contribution in [0.1, 0.15) is 59.1 Å². The van der Waals surface area contributed by atoms with Gasteiger partial charge < -0.3 is 15.1 Å². The minimum absolute atomic E-state index is 0.0403. The summed E-state index contributed by atoms with van der Waals surface area (Å²) in [5.41, 5.74) is 9.38. The molecular weight excluding hydrogens is 484 g/mol. The first-order valence-electron chi connectivity index (χ1n) is 12.7. The van der Waals surface area contributed by atoms with Gasteiger partial charge in [0.1, 0.15) is 11.3 Å². The van der Waals surface area contributed by atoms with Crippen molar-refractivity contribution in [3.63, 3.8) is 0 Å². The smallest absolute Gasteiger partial charge is 0.254 e. The molecule has 2 N–H and O–H groups in total. The second kappa shape index (κ2) is 11.8. The maximum atomic E-state index is 13.9. The molecule has 4 rings (SSSR count). The monoisotopic (exact) mass is 516 g/mol. The molecule has 0 spiro atoms. The van der Waals surface area contributed by atoms with Crippen molar-refractivity contribution in [2.24, 2.45) is 11.7 Å². The van der Waals surface area contributed by atoms with Crippen LogP contribution in [0.3, 0.4) is 0 Å². The van der Waals surface area contributed by atoms with Gasteiger partial charge in [0, 0.05) is 35.2 Å². The normalized spacial score (nSPS) is 12.2. The summed E-state index contributed by atoms with van der Waals surface area (Å²) in [7, 11) is 0. The predicted molar refractivity (Wildman–Crippen MR) is 150 cm³/mol. The van der Waals surface area contributed by atoms with E-state index in [1.54, 1.807) is 18.2 Å². The first-order chi connectivity index (χ1) is 17.8. The van der Waals surface area contributed by atoms with Crippen LogP contribution in [0.25, 0.3) is 11.0 Å². The number of hydrogen-bond donors (Lipinski definition) is 1.